The molecule has 0 bridgehead atoms. The molecule has 100 valence electrons. The van der Waals surface area contributed by atoms with Crippen LogP contribution >= 0.6 is 0 Å². The molecular formula is C10H20N2O5. The van der Waals surface area contributed by atoms with E-state index in [2.05, 4.69) is 15.4 Å². The number of carbonyl (C=O) groups is 2. The van der Waals surface area contributed by atoms with E-state index in [0.717, 1.165) is 0 Å². The number of nitrogens with one attached hydrogen (secondary N) is 2. The van der Waals surface area contributed by atoms with Crippen molar-refractivity contribution in [2.24, 2.45) is 0 Å². The number of carboxylic acids is 1. The normalized spacial score (nSPS) is 12.2. The molecule has 17 heavy (non-hydrogen) atoms. The topological polar surface area (TPSA) is 96.9 Å². The van der Waals surface area contributed by atoms with Gasteiger partial charge in [0, 0.05) is 13.7 Å². The fourth-order valence-electron chi connectivity index (χ4n) is 0.979. The predicted octanol–water partition coefficient (Wildman–Crippen LogP) is -0.190. The monoisotopic (exact) mass is 248 g/mol. The van der Waals surface area contributed by atoms with Crippen LogP contribution in [0.1, 0.15) is 13.8 Å². The van der Waals surface area contributed by atoms with Crippen LogP contribution in [-0.2, 0) is 14.3 Å². The number of methoxy groups -OCH3 is 1. The van der Waals surface area contributed by atoms with Crippen molar-refractivity contribution >= 4 is 12.0 Å². The molecule has 0 spiro atoms. The van der Waals surface area contributed by atoms with Gasteiger partial charge in [-0.2, -0.15) is 0 Å². The Balaban J connectivity index is 3.62. The molecule has 0 aromatic carbocycles. The van der Waals surface area contributed by atoms with Crippen LogP contribution in [0, 0.1) is 0 Å². The third-order valence-corrected chi connectivity index (χ3v) is 1.85. The number of rotatable bonds is 8. The summed E-state index contributed by atoms with van der Waals surface area (Å²) >= 11 is 0. The second kappa shape index (κ2) is 8.77. The lowest BCUT2D eigenvalue weighted by Gasteiger charge is -2.12. The zero-order valence-corrected chi connectivity index (χ0v) is 10.4. The Bertz CT molecular complexity index is 245. The summed E-state index contributed by atoms with van der Waals surface area (Å²) in [5.41, 5.74) is 0. The fraction of sp³-hybridized carbons (Fsp3) is 0.800. The molecular weight excluding hydrogens is 228 g/mol. The standard InChI is InChI=1S/C10H20N2O5/c1-7(2)17-5-4-11-10(15)12-6-8(16-3)9(13)14/h7-8H,4-6H2,1-3H3,(H,13,14)(H2,11,12,15). The van der Waals surface area contributed by atoms with Crippen molar-refractivity contribution in [3.8, 4) is 0 Å². The number of aliphatic carboxylic acids is 1. The second-order valence-electron chi connectivity index (χ2n) is 3.62. The summed E-state index contributed by atoms with van der Waals surface area (Å²) in [4.78, 5) is 21.8. The Kier molecular flexibility index (Phi) is 8.08. The van der Waals surface area contributed by atoms with Crippen LogP contribution in [-0.4, -0.2) is 56.1 Å². The number of ether oxygens (including phenoxy) is 2. The average Bonchev–Trinajstić information content (AvgIpc) is 2.24. The van der Waals surface area contributed by atoms with Gasteiger partial charge in [-0.05, 0) is 13.8 Å². The highest BCUT2D eigenvalue weighted by Crippen LogP contribution is 1.88. The van der Waals surface area contributed by atoms with Gasteiger partial charge in [0.05, 0.1) is 19.3 Å². The van der Waals surface area contributed by atoms with Gasteiger partial charge < -0.3 is 25.2 Å². The van der Waals surface area contributed by atoms with Crippen LogP contribution < -0.4 is 10.6 Å². The molecule has 1 unspecified atom stereocenters. The van der Waals surface area contributed by atoms with Crippen molar-refractivity contribution in [1.29, 1.82) is 0 Å². The zero-order chi connectivity index (χ0) is 13.3. The maximum absolute atomic E-state index is 11.2. The van der Waals surface area contributed by atoms with Crippen molar-refractivity contribution in [1.82, 2.24) is 10.6 Å². The van der Waals surface area contributed by atoms with E-state index in [4.69, 9.17) is 9.84 Å². The summed E-state index contributed by atoms with van der Waals surface area (Å²) in [5.74, 6) is -1.11. The van der Waals surface area contributed by atoms with Gasteiger partial charge in [-0.25, -0.2) is 9.59 Å². The molecule has 0 radical (unpaired) electrons. The summed E-state index contributed by atoms with van der Waals surface area (Å²) in [7, 11) is 1.27. The predicted molar refractivity (Wildman–Crippen MR) is 60.9 cm³/mol. The molecule has 7 nitrogen and oxygen atoms in total. The highest BCUT2D eigenvalue weighted by Gasteiger charge is 2.16. The first-order valence-electron chi connectivity index (χ1n) is 5.36. The first-order chi connectivity index (χ1) is 7.97. The first-order valence-corrected chi connectivity index (χ1v) is 5.36. The summed E-state index contributed by atoms with van der Waals surface area (Å²) in [6.07, 6.45) is -0.919. The van der Waals surface area contributed by atoms with Crippen LogP contribution in [0.3, 0.4) is 0 Å². The Hall–Kier alpha value is -1.34. The molecule has 1 atom stereocenters. The Morgan fingerprint density at radius 3 is 2.41 bits per heavy atom. The van der Waals surface area contributed by atoms with Gasteiger partial charge >= 0.3 is 12.0 Å². The molecule has 0 aromatic rings. The lowest BCUT2D eigenvalue weighted by Crippen LogP contribution is -2.43. The quantitative estimate of drug-likeness (QED) is 0.517. The minimum atomic E-state index is -1.11. The van der Waals surface area contributed by atoms with Crippen molar-refractivity contribution in [3.05, 3.63) is 0 Å². The van der Waals surface area contributed by atoms with Crippen LogP contribution in [0.4, 0.5) is 4.79 Å². The van der Waals surface area contributed by atoms with E-state index >= 15 is 0 Å². The molecule has 0 rings (SSSR count). The Labute approximate surface area is 100 Å². The molecule has 0 fully saturated rings. The zero-order valence-electron chi connectivity index (χ0n) is 10.4. The van der Waals surface area contributed by atoms with Gasteiger partial charge in [-0.15, -0.1) is 0 Å². The van der Waals surface area contributed by atoms with Gasteiger partial charge in [0.2, 0.25) is 0 Å². The highest BCUT2D eigenvalue weighted by atomic mass is 16.5. The van der Waals surface area contributed by atoms with E-state index in [0.29, 0.717) is 13.2 Å². The number of urea groups is 1. The molecule has 2 amide bonds. The number of hydrogen-bond acceptors (Lipinski definition) is 4. The van der Waals surface area contributed by atoms with Gasteiger partial charge in [0.25, 0.3) is 0 Å². The molecule has 0 aliphatic rings. The lowest BCUT2D eigenvalue weighted by molar-refractivity contribution is -0.147. The van der Waals surface area contributed by atoms with E-state index in [1.807, 2.05) is 13.8 Å². The number of carbonyl (C=O) groups excluding carboxylic acids is 1. The lowest BCUT2D eigenvalue weighted by atomic mass is 10.3. The summed E-state index contributed by atoms with van der Waals surface area (Å²) in [6, 6.07) is -0.444. The summed E-state index contributed by atoms with van der Waals surface area (Å²) < 4.78 is 9.87. The minimum Gasteiger partial charge on any atom is -0.479 e. The van der Waals surface area contributed by atoms with Gasteiger partial charge in [0.1, 0.15) is 0 Å². The van der Waals surface area contributed by atoms with Crippen molar-refractivity contribution in [2.45, 2.75) is 26.1 Å². The maximum atomic E-state index is 11.2. The van der Waals surface area contributed by atoms with E-state index in [1.165, 1.54) is 7.11 Å². The average molecular weight is 248 g/mol. The summed E-state index contributed by atoms with van der Waals surface area (Å²) in [5, 5.41) is 13.6. The highest BCUT2D eigenvalue weighted by molar-refractivity contribution is 5.76. The number of carboxylic acid groups (broad SMARTS) is 1. The maximum Gasteiger partial charge on any atom is 0.334 e. The molecule has 3 N–H and O–H groups in total. The van der Waals surface area contributed by atoms with Crippen molar-refractivity contribution in [2.75, 3.05) is 26.8 Å². The Morgan fingerprint density at radius 2 is 1.94 bits per heavy atom. The van der Waals surface area contributed by atoms with Gasteiger partial charge in [0.15, 0.2) is 6.10 Å². The smallest absolute Gasteiger partial charge is 0.334 e. The Morgan fingerprint density at radius 1 is 1.29 bits per heavy atom. The van der Waals surface area contributed by atoms with Crippen LogP contribution in [0.25, 0.3) is 0 Å². The SMILES string of the molecule is COC(CNC(=O)NCCOC(C)C)C(=O)O. The third kappa shape index (κ3) is 8.47. The number of hydrogen-bond donors (Lipinski definition) is 3. The van der Waals surface area contributed by atoms with Crippen LogP contribution in [0.5, 0.6) is 0 Å². The molecule has 7 heteroatoms. The number of amides is 2. The minimum absolute atomic E-state index is 0.0807. The molecule has 0 saturated heterocycles. The van der Waals surface area contributed by atoms with Crippen molar-refractivity contribution in [3.63, 3.8) is 0 Å². The third-order valence-electron chi connectivity index (χ3n) is 1.85. The summed E-state index contributed by atoms with van der Waals surface area (Å²) in [6.45, 7) is 4.50. The fourth-order valence-corrected chi connectivity index (χ4v) is 0.979. The molecule has 0 aliphatic heterocycles. The largest absolute Gasteiger partial charge is 0.479 e. The first kappa shape index (κ1) is 15.7. The van der Waals surface area contributed by atoms with E-state index in [-0.39, 0.29) is 12.6 Å². The van der Waals surface area contributed by atoms with Crippen LogP contribution in [0.15, 0.2) is 0 Å². The second-order valence-corrected chi connectivity index (χ2v) is 3.62. The van der Waals surface area contributed by atoms with Crippen molar-refractivity contribution < 1.29 is 24.2 Å². The van der Waals surface area contributed by atoms with Gasteiger partial charge in [-0.3, -0.25) is 0 Å². The van der Waals surface area contributed by atoms with E-state index in [1.54, 1.807) is 0 Å². The molecule has 0 saturated carbocycles. The van der Waals surface area contributed by atoms with Crippen LogP contribution in [0.2, 0.25) is 0 Å². The van der Waals surface area contributed by atoms with Gasteiger partial charge in [-0.1, -0.05) is 0 Å². The van der Waals surface area contributed by atoms with E-state index in [9.17, 15) is 9.59 Å². The molecule has 0 aliphatic carbocycles. The molecule has 0 aromatic heterocycles. The van der Waals surface area contributed by atoms with E-state index < -0.39 is 18.1 Å². The molecule has 0 heterocycles.